The monoisotopic (exact) mass is 303 g/mol. The van der Waals surface area contributed by atoms with E-state index in [1.807, 2.05) is 4.68 Å². The van der Waals surface area contributed by atoms with Crippen LogP contribution < -0.4 is 0 Å². The maximum Gasteiger partial charge on any atom is 0.123 e. The highest BCUT2D eigenvalue weighted by Gasteiger charge is 2.23. The molecule has 0 unspecified atom stereocenters. The van der Waals surface area contributed by atoms with Gasteiger partial charge in [0.2, 0.25) is 0 Å². The third-order valence-electron chi connectivity index (χ3n) is 4.32. The quantitative estimate of drug-likeness (QED) is 0.890. The summed E-state index contributed by atoms with van der Waals surface area (Å²) in [7, 11) is 0. The van der Waals surface area contributed by atoms with E-state index in [-0.39, 0.29) is 12.4 Å². The van der Waals surface area contributed by atoms with Crippen molar-refractivity contribution in [1.82, 2.24) is 14.7 Å². The highest BCUT2D eigenvalue weighted by molar-refractivity contribution is 5.40. The highest BCUT2D eigenvalue weighted by atomic mass is 19.1. The van der Waals surface area contributed by atoms with Gasteiger partial charge in [-0.25, -0.2) is 9.07 Å². The second kappa shape index (κ2) is 6.58. The van der Waals surface area contributed by atoms with E-state index in [1.54, 1.807) is 12.1 Å². The number of nitrogens with zero attached hydrogens (tertiary/aromatic N) is 3. The molecule has 118 valence electrons. The van der Waals surface area contributed by atoms with Crippen molar-refractivity contribution in [2.75, 3.05) is 19.7 Å². The minimum absolute atomic E-state index is 0.161. The fraction of sp³-hybridized carbons (Fsp3) is 0.471. The molecule has 0 spiro atoms. The Morgan fingerprint density at radius 1 is 1.27 bits per heavy atom. The maximum absolute atomic E-state index is 13.1. The lowest BCUT2D eigenvalue weighted by atomic mass is 10.2. The first kappa shape index (κ1) is 15.2. The molecule has 0 amide bonds. The summed E-state index contributed by atoms with van der Waals surface area (Å²) in [5.74, 6) is -0.229. The van der Waals surface area contributed by atoms with Crippen molar-refractivity contribution in [3.63, 3.8) is 0 Å². The van der Waals surface area contributed by atoms with E-state index in [0.717, 1.165) is 43.7 Å². The second-order valence-electron chi connectivity index (χ2n) is 5.71. The molecule has 1 aromatic carbocycles. The van der Waals surface area contributed by atoms with Gasteiger partial charge in [-0.1, -0.05) is 6.92 Å². The number of aliphatic hydroxyl groups excluding tert-OH is 1. The zero-order valence-electron chi connectivity index (χ0n) is 12.9. The first-order chi connectivity index (χ1) is 10.7. The Morgan fingerprint density at radius 2 is 2.05 bits per heavy atom. The molecule has 2 aromatic rings. The predicted molar refractivity (Wildman–Crippen MR) is 83.6 cm³/mol. The SMILES string of the molecule is CCN(CCO)Cc1nn(-c2ccc(F)cc2)c2c1CCC2. The van der Waals surface area contributed by atoms with Crippen LogP contribution in [-0.2, 0) is 19.4 Å². The molecule has 4 nitrogen and oxygen atoms in total. The first-order valence-corrected chi connectivity index (χ1v) is 7.91. The molecular weight excluding hydrogens is 281 g/mol. The van der Waals surface area contributed by atoms with Crippen molar-refractivity contribution < 1.29 is 9.50 Å². The van der Waals surface area contributed by atoms with Gasteiger partial charge < -0.3 is 5.11 Å². The average Bonchev–Trinajstić information content (AvgIpc) is 3.11. The molecule has 0 radical (unpaired) electrons. The Morgan fingerprint density at radius 3 is 2.73 bits per heavy atom. The van der Waals surface area contributed by atoms with Crippen LogP contribution in [0.5, 0.6) is 0 Å². The molecule has 3 rings (SSSR count). The fourth-order valence-electron chi connectivity index (χ4n) is 3.14. The maximum atomic E-state index is 13.1. The molecule has 1 aromatic heterocycles. The summed E-state index contributed by atoms with van der Waals surface area (Å²) in [4.78, 5) is 2.19. The first-order valence-electron chi connectivity index (χ1n) is 7.91. The summed E-state index contributed by atoms with van der Waals surface area (Å²) < 4.78 is 15.1. The van der Waals surface area contributed by atoms with Crippen LogP contribution in [0, 0.1) is 5.82 Å². The molecule has 0 fully saturated rings. The number of aromatic nitrogens is 2. The summed E-state index contributed by atoms with van der Waals surface area (Å²) in [5.41, 5.74) is 4.59. The lowest BCUT2D eigenvalue weighted by Gasteiger charge is -2.18. The van der Waals surface area contributed by atoms with E-state index in [0.29, 0.717) is 6.54 Å². The van der Waals surface area contributed by atoms with Crippen LogP contribution in [0.1, 0.15) is 30.3 Å². The normalized spacial score (nSPS) is 13.8. The molecule has 1 aliphatic rings. The predicted octanol–water partition coefficient (Wildman–Crippen LogP) is 2.31. The topological polar surface area (TPSA) is 41.3 Å². The molecule has 1 N–H and O–H groups in total. The Kier molecular flexibility index (Phi) is 4.55. The van der Waals surface area contributed by atoms with Crippen LogP contribution in [0.2, 0.25) is 0 Å². The van der Waals surface area contributed by atoms with Gasteiger partial charge in [-0.05, 0) is 55.6 Å². The van der Waals surface area contributed by atoms with Crippen molar-refractivity contribution in [2.24, 2.45) is 0 Å². The van der Waals surface area contributed by atoms with E-state index in [9.17, 15) is 4.39 Å². The molecule has 22 heavy (non-hydrogen) atoms. The summed E-state index contributed by atoms with van der Waals surface area (Å²) in [6, 6.07) is 6.50. The Labute approximate surface area is 130 Å². The molecule has 1 aliphatic carbocycles. The molecule has 0 bridgehead atoms. The minimum atomic E-state index is -0.229. The van der Waals surface area contributed by atoms with Crippen LogP contribution >= 0.6 is 0 Å². The van der Waals surface area contributed by atoms with Crippen molar-refractivity contribution in [1.29, 1.82) is 0 Å². The average molecular weight is 303 g/mol. The summed E-state index contributed by atoms with van der Waals surface area (Å²) in [5, 5.41) is 13.9. The van der Waals surface area contributed by atoms with E-state index >= 15 is 0 Å². The van der Waals surface area contributed by atoms with E-state index < -0.39 is 0 Å². The van der Waals surface area contributed by atoms with E-state index in [1.165, 1.54) is 23.4 Å². The van der Waals surface area contributed by atoms with Gasteiger partial charge in [0, 0.05) is 18.8 Å². The van der Waals surface area contributed by atoms with Crippen molar-refractivity contribution in [2.45, 2.75) is 32.7 Å². The zero-order valence-corrected chi connectivity index (χ0v) is 12.9. The number of halogens is 1. The zero-order chi connectivity index (χ0) is 15.5. The minimum Gasteiger partial charge on any atom is -0.395 e. The van der Waals surface area contributed by atoms with Gasteiger partial charge in [0.25, 0.3) is 0 Å². The number of rotatable bonds is 6. The van der Waals surface area contributed by atoms with Gasteiger partial charge in [-0.2, -0.15) is 5.10 Å². The van der Waals surface area contributed by atoms with E-state index in [4.69, 9.17) is 10.2 Å². The third-order valence-corrected chi connectivity index (χ3v) is 4.32. The van der Waals surface area contributed by atoms with Gasteiger partial charge in [0.05, 0.1) is 18.0 Å². The standard InChI is InChI=1S/C17H22FN3O/c1-2-20(10-11-22)12-16-15-4-3-5-17(15)21(19-16)14-8-6-13(18)7-9-14/h6-9,22H,2-5,10-12H2,1H3. The van der Waals surface area contributed by atoms with Crippen LogP contribution in [0.4, 0.5) is 4.39 Å². The number of fused-ring (bicyclic) bond motifs is 1. The Hall–Kier alpha value is -1.72. The fourth-order valence-corrected chi connectivity index (χ4v) is 3.14. The number of benzene rings is 1. The summed E-state index contributed by atoms with van der Waals surface area (Å²) in [6.07, 6.45) is 3.22. The number of likely N-dealkylation sites (N-methyl/N-ethyl adjacent to an activating group) is 1. The van der Waals surface area contributed by atoms with Gasteiger partial charge in [0.15, 0.2) is 0 Å². The van der Waals surface area contributed by atoms with Crippen molar-refractivity contribution in [3.8, 4) is 5.69 Å². The van der Waals surface area contributed by atoms with Crippen LogP contribution in [-0.4, -0.2) is 39.5 Å². The molecule has 0 saturated heterocycles. The molecule has 0 atom stereocenters. The third kappa shape index (κ3) is 2.91. The van der Waals surface area contributed by atoms with Crippen LogP contribution in [0.25, 0.3) is 5.69 Å². The summed E-state index contributed by atoms with van der Waals surface area (Å²) >= 11 is 0. The number of hydrogen-bond acceptors (Lipinski definition) is 3. The lowest BCUT2D eigenvalue weighted by molar-refractivity contribution is 0.195. The van der Waals surface area contributed by atoms with Gasteiger partial charge in [0.1, 0.15) is 5.82 Å². The molecule has 5 heteroatoms. The number of aliphatic hydroxyl groups is 1. The lowest BCUT2D eigenvalue weighted by Crippen LogP contribution is -2.26. The molecule has 0 aliphatic heterocycles. The highest BCUT2D eigenvalue weighted by Crippen LogP contribution is 2.28. The van der Waals surface area contributed by atoms with Crippen molar-refractivity contribution in [3.05, 3.63) is 47.0 Å². The largest absolute Gasteiger partial charge is 0.395 e. The van der Waals surface area contributed by atoms with Gasteiger partial charge in [-0.3, -0.25) is 4.90 Å². The molecule has 1 heterocycles. The van der Waals surface area contributed by atoms with Crippen LogP contribution in [0.15, 0.2) is 24.3 Å². The molecule has 0 saturated carbocycles. The Bertz CT molecular complexity index is 636. The van der Waals surface area contributed by atoms with E-state index in [2.05, 4.69) is 11.8 Å². The second-order valence-corrected chi connectivity index (χ2v) is 5.71. The van der Waals surface area contributed by atoms with Crippen LogP contribution in [0.3, 0.4) is 0 Å². The number of hydrogen-bond donors (Lipinski definition) is 1. The summed E-state index contributed by atoms with van der Waals surface area (Å²) in [6.45, 7) is 4.56. The van der Waals surface area contributed by atoms with Crippen molar-refractivity contribution >= 4 is 0 Å². The van der Waals surface area contributed by atoms with Gasteiger partial charge >= 0.3 is 0 Å². The smallest absolute Gasteiger partial charge is 0.123 e. The molecular formula is C17H22FN3O. The van der Waals surface area contributed by atoms with Gasteiger partial charge in [-0.15, -0.1) is 0 Å². The Balaban J connectivity index is 1.93.